The van der Waals surface area contributed by atoms with Crippen molar-refractivity contribution in [2.75, 3.05) is 37.6 Å². The Labute approximate surface area is 182 Å². The minimum atomic E-state index is -0.269. The molecule has 1 fully saturated rings. The molecule has 4 rings (SSSR count). The van der Waals surface area contributed by atoms with E-state index >= 15 is 0 Å². The van der Waals surface area contributed by atoms with Gasteiger partial charge in [0.1, 0.15) is 5.58 Å². The number of aryl methyl sites for hydroxylation is 3. The Morgan fingerprint density at radius 1 is 0.935 bits per heavy atom. The lowest BCUT2D eigenvalue weighted by atomic mass is 10.0. The van der Waals surface area contributed by atoms with Crippen LogP contribution in [0.1, 0.15) is 33.7 Å². The number of anilines is 1. The normalized spacial score (nSPS) is 14.2. The lowest BCUT2D eigenvalue weighted by molar-refractivity contribution is -0.131. The van der Waals surface area contributed by atoms with Crippen LogP contribution in [-0.4, -0.2) is 49.4 Å². The SMILES string of the molecule is Cc1ccc(C)c2c(C)c(C(=O)NCCC(=O)N3CCN(c4ccccc4)CC3)oc12. The number of fused-ring (bicyclic) bond motifs is 1. The number of rotatable bonds is 5. The average molecular weight is 420 g/mol. The van der Waals surface area contributed by atoms with E-state index in [1.54, 1.807) is 0 Å². The van der Waals surface area contributed by atoms with E-state index in [0.717, 1.165) is 40.7 Å². The predicted molar refractivity (Wildman–Crippen MR) is 123 cm³/mol. The first-order valence-corrected chi connectivity index (χ1v) is 10.8. The van der Waals surface area contributed by atoms with Crippen LogP contribution in [0, 0.1) is 20.8 Å². The van der Waals surface area contributed by atoms with Gasteiger partial charge in [-0.15, -0.1) is 0 Å². The van der Waals surface area contributed by atoms with Crippen LogP contribution in [0.25, 0.3) is 11.0 Å². The molecule has 1 aromatic heterocycles. The van der Waals surface area contributed by atoms with E-state index in [2.05, 4.69) is 22.3 Å². The lowest BCUT2D eigenvalue weighted by Gasteiger charge is -2.36. The van der Waals surface area contributed by atoms with Crippen molar-refractivity contribution < 1.29 is 14.0 Å². The number of para-hydroxylation sites is 1. The molecule has 0 spiro atoms. The van der Waals surface area contributed by atoms with Gasteiger partial charge in [0.2, 0.25) is 5.91 Å². The van der Waals surface area contributed by atoms with Gasteiger partial charge in [0.15, 0.2) is 5.76 Å². The maximum Gasteiger partial charge on any atom is 0.287 e. The summed E-state index contributed by atoms with van der Waals surface area (Å²) < 4.78 is 5.89. The van der Waals surface area contributed by atoms with Gasteiger partial charge in [-0.3, -0.25) is 9.59 Å². The third-order valence-electron chi connectivity index (χ3n) is 6.07. The first-order chi connectivity index (χ1) is 15.0. The van der Waals surface area contributed by atoms with Gasteiger partial charge in [-0.05, 0) is 44.0 Å². The van der Waals surface area contributed by atoms with Gasteiger partial charge in [-0.2, -0.15) is 0 Å². The van der Waals surface area contributed by atoms with E-state index in [9.17, 15) is 9.59 Å². The Kier molecular flexibility index (Phi) is 5.98. The number of furan rings is 1. The second-order valence-corrected chi connectivity index (χ2v) is 8.17. The lowest BCUT2D eigenvalue weighted by Crippen LogP contribution is -2.49. The van der Waals surface area contributed by atoms with E-state index in [4.69, 9.17) is 4.42 Å². The molecular formula is C25H29N3O3. The minimum absolute atomic E-state index is 0.0704. The third kappa shape index (κ3) is 4.29. The fraction of sp³-hybridized carbons (Fsp3) is 0.360. The summed E-state index contributed by atoms with van der Waals surface area (Å²) in [6.07, 6.45) is 0.286. The smallest absolute Gasteiger partial charge is 0.287 e. The number of benzene rings is 2. The van der Waals surface area contributed by atoms with Crippen molar-refractivity contribution in [3.05, 3.63) is 64.9 Å². The molecule has 6 heteroatoms. The van der Waals surface area contributed by atoms with Crippen molar-refractivity contribution in [1.82, 2.24) is 10.2 Å². The van der Waals surface area contributed by atoms with Crippen molar-refractivity contribution in [3.63, 3.8) is 0 Å². The van der Waals surface area contributed by atoms with Crippen LogP contribution in [0.2, 0.25) is 0 Å². The first kappa shape index (κ1) is 21.0. The molecule has 0 bridgehead atoms. The summed E-state index contributed by atoms with van der Waals surface area (Å²) >= 11 is 0. The topological polar surface area (TPSA) is 65.8 Å². The highest BCUT2D eigenvalue weighted by atomic mass is 16.3. The molecule has 0 radical (unpaired) electrons. The zero-order valence-corrected chi connectivity index (χ0v) is 18.4. The van der Waals surface area contributed by atoms with E-state index in [-0.39, 0.29) is 18.2 Å². The molecular weight excluding hydrogens is 390 g/mol. The molecule has 6 nitrogen and oxygen atoms in total. The fourth-order valence-corrected chi connectivity index (χ4v) is 4.27. The number of hydrogen-bond donors (Lipinski definition) is 1. The number of amides is 2. The molecule has 2 heterocycles. The van der Waals surface area contributed by atoms with E-state index in [1.165, 1.54) is 5.69 Å². The number of hydrogen-bond acceptors (Lipinski definition) is 4. The molecule has 1 saturated heterocycles. The number of carbonyl (C=O) groups is 2. The van der Waals surface area contributed by atoms with Crippen molar-refractivity contribution in [2.24, 2.45) is 0 Å². The van der Waals surface area contributed by atoms with Gasteiger partial charge in [-0.25, -0.2) is 0 Å². The zero-order chi connectivity index (χ0) is 22.0. The van der Waals surface area contributed by atoms with Crippen molar-refractivity contribution in [3.8, 4) is 0 Å². The average Bonchev–Trinajstić information content (AvgIpc) is 3.15. The second-order valence-electron chi connectivity index (χ2n) is 8.17. The molecule has 2 amide bonds. The summed E-state index contributed by atoms with van der Waals surface area (Å²) in [5.41, 5.74) is 4.89. The quantitative estimate of drug-likeness (QED) is 0.683. The molecule has 0 saturated carbocycles. The van der Waals surface area contributed by atoms with E-state index < -0.39 is 0 Å². The van der Waals surface area contributed by atoms with Crippen LogP contribution >= 0.6 is 0 Å². The van der Waals surface area contributed by atoms with E-state index in [1.807, 2.05) is 56.0 Å². The molecule has 0 unspecified atom stereocenters. The molecule has 1 aliphatic heterocycles. The molecule has 1 aliphatic rings. The molecule has 0 atom stereocenters. The van der Waals surface area contributed by atoms with Crippen molar-refractivity contribution in [2.45, 2.75) is 27.2 Å². The summed E-state index contributed by atoms with van der Waals surface area (Å²) in [4.78, 5) is 29.4. The zero-order valence-electron chi connectivity index (χ0n) is 18.4. The molecule has 31 heavy (non-hydrogen) atoms. The standard InChI is InChI=1S/C25H29N3O3/c1-17-9-10-18(2)23-22(17)19(3)24(31-23)25(30)26-12-11-21(29)28-15-13-27(14-16-28)20-7-5-4-6-8-20/h4-10H,11-16H2,1-3H3,(H,26,30). The van der Waals surface area contributed by atoms with Crippen LogP contribution in [0.3, 0.4) is 0 Å². The molecule has 2 aromatic carbocycles. The number of carbonyl (C=O) groups excluding carboxylic acids is 2. The summed E-state index contributed by atoms with van der Waals surface area (Å²) in [5.74, 6) is 0.131. The Hall–Kier alpha value is -3.28. The Balaban J connectivity index is 1.30. The van der Waals surface area contributed by atoms with Crippen molar-refractivity contribution in [1.29, 1.82) is 0 Å². The fourth-order valence-electron chi connectivity index (χ4n) is 4.27. The Morgan fingerprint density at radius 2 is 1.61 bits per heavy atom. The number of nitrogens with one attached hydrogen (secondary N) is 1. The molecule has 1 N–H and O–H groups in total. The van der Waals surface area contributed by atoms with Crippen molar-refractivity contribution >= 4 is 28.5 Å². The highest BCUT2D eigenvalue weighted by Crippen LogP contribution is 2.30. The highest BCUT2D eigenvalue weighted by molar-refractivity contribution is 6.00. The monoisotopic (exact) mass is 419 g/mol. The third-order valence-corrected chi connectivity index (χ3v) is 6.07. The molecule has 3 aromatic rings. The highest BCUT2D eigenvalue weighted by Gasteiger charge is 2.23. The summed E-state index contributed by atoms with van der Waals surface area (Å²) in [6, 6.07) is 14.3. The number of nitrogens with zero attached hydrogens (tertiary/aromatic N) is 2. The van der Waals surface area contributed by atoms with E-state index in [0.29, 0.717) is 25.4 Å². The second kappa shape index (κ2) is 8.84. The maximum atomic E-state index is 12.7. The van der Waals surface area contributed by atoms with Gasteiger partial charge in [0.05, 0.1) is 0 Å². The van der Waals surface area contributed by atoms with Crippen LogP contribution in [0.5, 0.6) is 0 Å². The van der Waals surface area contributed by atoms with Gasteiger partial charge < -0.3 is 19.5 Å². The van der Waals surface area contributed by atoms with Gasteiger partial charge >= 0.3 is 0 Å². The van der Waals surface area contributed by atoms with Gasteiger partial charge in [0.25, 0.3) is 5.91 Å². The minimum Gasteiger partial charge on any atom is -0.450 e. The maximum absolute atomic E-state index is 12.7. The largest absolute Gasteiger partial charge is 0.450 e. The molecule has 162 valence electrons. The number of piperazine rings is 1. The Morgan fingerprint density at radius 3 is 2.29 bits per heavy atom. The summed E-state index contributed by atoms with van der Waals surface area (Å²) in [6.45, 7) is 9.23. The van der Waals surface area contributed by atoms with Crippen LogP contribution in [0.15, 0.2) is 46.9 Å². The van der Waals surface area contributed by atoms with Crippen LogP contribution in [0.4, 0.5) is 5.69 Å². The summed E-state index contributed by atoms with van der Waals surface area (Å²) in [7, 11) is 0. The molecule has 0 aliphatic carbocycles. The first-order valence-electron chi connectivity index (χ1n) is 10.8. The van der Waals surface area contributed by atoms with Crippen LogP contribution < -0.4 is 10.2 Å². The van der Waals surface area contributed by atoms with Gasteiger partial charge in [0, 0.05) is 55.8 Å². The predicted octanol–water partition coefficient (Wildman–Crippen LogP) is 3.83. The van der Waals surface area contributed by atoms with Crippen LogP contribution in [-0.2, 0) is 4.79 Å². The Bertz CT molecular complexity index is 1100. The van der Waals surface area contributed by atoms with Gasteiger partial charge in [-0.1, -0.05) is 30.3 Å². The summed E-state index contributed by atoms with van der Waals surface area (Å²) in [5, 5.41) is 3.85.